The molecule has 0 aliphatic rings. The molecule has 1 heterocycles. The Morgan fingerprint density at radius 1 is 1.53 bits per heavy atom. The van der Waals surface area contributed by atoms with Gasteiger partial charge in [-0.3, -0.25) is 4.79 Å². The van der Waals surface area contributed by atoms with E-state index in [1.807, 2.05) is 13.8 Å². The van der Waals surface area contributed by atoms with Crippen LogP contribution in [0.25, 0.3) is 0 Å². The average Bonchev–Trinajstić information content (AvgIpc) is 2.26. The number of carbonyl (C=O) groups is 1. The summed E-state index contributed by atoms with van der Waals surface area (Å²) in [6.07, 6.45) is 1.08. The van der Waals surface area contributed by atoms with Gasteiger partial charge in [-0.15, -0.1) is 0 Å². The number of carbonyl (C=O) groups excluding carboxylic acids is 1. The van der Waals surface area contributed by atoms with E-state index in [0.717, 1.165) is 5.56 Å². The molecule has 1 aromatic rings. The van der Waals surface area contributed by atoms with E-state index in [9.17, 15) is 4.79 Å². The van der Waals surface area contributed by atoms with Gasteiger partial charge in [0.2, 0.25) is 0 Å². The maximum atomic E-state index is 11.8. The molecule has 0 aliphatic carbocycles. The number of rotatable bonds is 4. The summed E-state index contributed by atoms with van der Waals surface area (Å²) in [6, 6.07) is 1.73. The van der Waals surface area contributed by atoms with Gasteiger partial charge in [-0.1, -0.05) is 25.4 Å². The van der Waals surface area contributed by atoms with E-state index < -0.39 is 6.10 Å². The van der Waals surface area contributed by atoms with Gasteiger partial charge in [0.1, 0.15) is 5.15 Å². The van der Waals surface area contributed by atoms with Gasteiger partial charge in [-0.2, -0.15) is 0 Å². The first-order valence-corrected chi connectivity index (χ1v) is 5.91. The van der Waals surface area contributed by atoms with E-state index in [0.29, 0.717) is 5.56 Å². The van der Waals surface area contributed by atoms with Gasteiger partial charge in [0, 0.05) is 12.7 Å². The molecule has 4 nitrogen and oxygen atoms in total. The van der Waals surface area contributed by atoms with Gasteiger partial charge in [0.25, 0.3) is 5.91 Å². The smallest absolute Gasteiger partial charge is 0.254 e. The van der Waals surface area contributed by atoms with Crippen LogP contribution in [0.2, 0.25) is 5.15 Å². The van der Waals surface area contributed by atoms with Crippen LogP contribution in [0.15, 0.2) is 12.3 Å². The molecule has 0 aliphatic heterocycles. The van der Waals surface area contributed by atoms with Crippen molar-refractivity contribution in [2.24, 2.45) is 0 Å². The van der Waals surface area contributed by atoms with Gasteiger partial charge in [-0.25, -0.2) is 4.98 Å². The zero-order valence-corrected chi connectivity index (χ0v) is 11.0. The number of pyridine rings is 1. The third-order valence-corrected chi connectivity index (χ3v) is 2.63. The van der Waals surface area contributed by atoms with E-state index in [1.165, 1.54) is 0 Å². The number of nitrogens with one attached hydrogen (secondary N) is 1. The van der Waals surface area contributed by atoms with Crippen LogP contribution in [0.5, 0.6) is 0 Å². The molecule has 1 aromatic heterocycles. The molecule has 5 heteroatoms. The number of nitrogens with zero attached hydrogens (tertiary/aromatic N) is 1. The summed E-state index contributed by atoms with van der Waals surface area (Å²) in [7, 11) is 0. The van der Waals surface area contributed by atoms with Crippen LogP contribution in [0, 0.1) is 0 Å². The molecule has 0 spiro atoms. The molecule has 1 unspecified atom stereocenters. The van der Waals surface area contributed by atoms with E-state index in [4.69, 9.17) is 16.7 Å². The molecular formula is C12H17ClN2O2. The first-order valence-electron chi connectivity index (χ1n) is 5.53. The first-order chi connectivity index (χ1) is 7.91. The lowest BCUT2D eigenvalue weighted by Crippen LogP contribution is -2.30. The van der Waals surface area contributed by atoms with Crippen molar-refractivity contribution in [2.75, 3.05) is 6.54 Å². The number of halogens is 1. The Bertz CT molecular complexity index is 405. The summed E-state index contributed by atoms with van der Waals surface area (Å²) in [5.41, 5.74) is 1.30. The summed E-state index contributed by atoms with van der Waals surface area (Å²) >= 11 is 5.88. The maximum Gasteiger partial charge on any atom is 0.254 e. The molecule has 0 bridgehead atoms. The molecule has 1 rings (SSSR count). The number of aromatic nitrogens is 1. The number of hydrogen-bond donors (Lipinski definition) is 2. The van der Waals surface area contributed by atoms with Crippen LogP contribution in [0.1, 0.15) is 42.6 Å². The van der Waals surface area contributed by atoms with Gasteiger partial charge in [-0.05, 0) is 24.5 Å². The Balaban J connectivity index is 2.88. The first kappa shape index (κ1) is 13.9. The van der Waals surface area contributed by atoms with Crippen molar-refractivity contribution in [2.45, 2.75) is 32.8 Å². The molecule has 0 saturated heterocycles. The van der Waals surface area contributed by atoms with Crippen molar-refractivity contribution in [3.8, 4) is 0 Å². The fraction of sp³-hybridized carbons (Fsp3) is 0.500. The number of aliphatic hydroxyl groups is 1. The topological polar surface area (TPSA) is 62.2 Å². The number of hydrogen-bond acceptors (Lipinski definition) is 3. The minimum Gasteiger partial charge on any atom is -0.392 e. The van der Waals surface area contributed by atoms with Crippen molar-refractivity contribution in [1.29, 1.82) is 0 Å². The van der Waals surface area contributed by atoms with Gasteiger partial charge in [0.05, 0.1) is 11.7 Å². The second-order valence-corrected chi connectivity index (χ2v) is 4.68. The third kappa shape index (κ3) is 3.98. The lowest BCUT2D eigenvalue weighted by Gasteiger charge is -2.10. The van der Waals surface area contributed by atoms with Crippen molar-refractivity contribution < 1.29 is 9.90 Å². The fourth-order valence-corrected chi connectivity index (χ4v) is 1.46. The van der Waals surface area contributed by atoms with E-state index >= 15 is 0 Å². The monoisotopic (exact) mass is 256 g/mol. The maximum absolute atomic E-state index is 11.8. The van der Waals surface area contributed by atoms with Gasteiger partial charge >= 0.3 is 0 Å². The third-order valence-electron chi connectivity index (χ3n) is 2.33. The van der Waals surface area contributed by atoms with Crippen molar-refractivity contribution in [1.82, 2.24) is 10.3 Å². The van der Waals surface area contributed by atoms with Crippen LogP contribution in [0.3, 0.4) is 0 Å². The molecule has 0 saturated carbocycles. The van der Waals surface area contributed by atoms with Crippen molar-refractivity contribution in [3.05, 3.63) is 28.5 Å². The molecule has 0 radical (unpaired) electrons. The standard InChI is InChI=1S/C12H17ClN2O2/c1-7(2)9-4-10(11(13)14-6-9)12(17)15-5-8(3)16/h4,6-8,16H,5H2,1-3H3,(H,15,17). The molecular weight excluding hydrogens is 240 g/mol. The van der Waals surface area contributed by atoms with Crippen LogP contribution in [-0.2, 0) is 0 Å². The highest BCUT2D eigenvalue weighted by atomic mass is 35.5. The van der Waals surface area contributed by atoms with Crippen LogP contribution in [-0.4, -0.2) is 28.6 Å². The van der Waals surface area contributed by atoms with E-state index in [1.54, 1.807) is 19.2 Å². The van der Waals surface area contributed by atoms with Gasteiger partial charge < -0.3 is 10.4 Å². The molecule has 1 amide bonds. The summed E-state index contributed by atoms with van der Waals surface area (Å²) in [5, 5.41) is 11.9. The normalized spacial score (nSPS) is 12.6. The van der Waals surface area contributed by atoms with Crippen LogP contribution < -0.4 is 5.32 Å². The lowest BCUT2D eigenvalue weighted by molar-refractivity contribution is 0.0923. The highest BCUT2D eigenvalue weighted by Gasteiger charge is 2.13. The molecule has 0 fully saturated rings. The summed E-state index contributed by atoms with van der Waals surface area (Å²) in [5.74, 6) is -0.0333. The van der Waals surface area contributed by atoms with E-state index in [2.05, 4.69) is 10.3 Å². The Labute approximate surface area is 106 Å². The van der Waals surface area contributed by atoms with Crippen molar-refractivity contribution >= 4 is 17.5 Å². The second-order valence-electron chi connectivity index (χ2n) is 4.32. The Morgan fingerprint density at radius 2 is 2.18 bits per heavy atom. The zero-order valence-electron chi connectivity index (χ0n) is 10.2. The SMILES string of the molecule is CC(O)CNC(=O)c1cc(C(C)C)cnc1Cl. The minimum atomic E-state index is -0.584. The molecule has 17 heavy (non-hydrogen) atoms. The predicted molar refractivity (Wildman–Crippen MR) is 67.4 cm³/mol. The summed E-state index contributed by atoms with van der Waals surface area (Å²) in [4.78, 5) is 15.8. The summed E-state index contributed by atoms with van der Waals surface area (Å²) < 4.78 is 0. The Hall–Kier alpha value is -1.13. The largest absolute Gasteiger partial charge is 0.392 e. The van der Waals surface area contributed by atoms with Crippen LogP contribution >= 0.6 is 11.6 Å². The lowest BCUT2D eigenvalue weighted by atomic mass is 10.0. The van der Waals surface area contributed by atoms with E-state index in [-0.39, 0.29) is 23.5 Å². The minimum absolute atomic E-state index is 0.178. The number of aliphatic hydroxyl groups excluding tert-OH is 1. The molecule has 2 N–H and O–H groups in total. The highest BCUT2D eigenvalue weighted by Crippen LogP contribution is 2.19. The van der Waals surface area contributed by atoms with Crippen LogP contribution in [0.4, 0.5) is 0 Å². The Kier molecular flexibility index (Phi) is 4.90. The van der Waals surface area contributed by atoms with Crippen molar-refractivity contribution in [3.63, 3.8) is 0 Å². The average molecular weight is 257 g/mol. The predicted octanol–water partition coefficient (Wildman–Crippen LogP) is 1.97. The summed E-state index contributed by atoms with van der Waals surface area (Å²) in [6.45, 7) is 5.83. The zero-order chi connectivity index (χ0) is 13.0. The highest BCUT2D eigenvalue weighted by molar-refractivity contribution is 6.32. The fourth-order valence-electron chi connectivity index (χ4n) is 1.27. The Morgan fingerprint density at radius 3 is 2.71 bits per heavy atom. The molecule has 1 atom stereocenters. The second kappa shape index (κ2) is 5.98. The van der Waals surface area contributed by atoms with Gasteiger partial charge in [0.15, 0.2) is 0 Å². The quantitative estimate of drug-likeness (QED) is 0.810. The molecule has 94 valence electrons. The number of amides is 1. The molecule has 0 aromatic carbocycles.